The van der Waals surface area contributed by atoms with E-state index in [-0.39, 0.29) is 23.4 Å². The number of hydrogen-bond donors (Lipinski definition) is 1. The Hall–Kier alpha value is -3.53. The Morgan fingerprint density at radius 2 is 1.87 bits per heavy atom. The van der Waals surface area contributed by atoms with Gasteiger partial charge in [0.05, 0.1) is 22.2 Å². The van der Waals surface area contributed by atoms with E-state index in [1.165, 1.54) is 12.1 Å². The molecule has 7 heteroatoms. The van der Waals surface area contributed by atoms with Crippen LogP contribution in [-0.4, -0.2) is 16.6 Å². The van der Waals surface area contributed by atoms with Gasteiger partial charge in [-0.25, -0.2) is 0 Å². The zero-order valence-corrected chi connectivity index (χ0v) is 11.9. The van der Waals surface area contributed by atoms with Gasteiger partial charge >= 0.3 is 0 Å². The first-order valence-electron chi connectivity index (χ1n) is 6.58. The molecule has 0 aliphatic carbocycles. The van der Waals surface area contributed by atoms with Crippen molar-refractivity contribution >= 4 is 23.1 Å². The van der Waals surface area contributed by atoms with Gasteiger partial charge < -0.3 is 5.32 Å². The molecule has 0 bridgehead atoms. The van der Waals surface area contributed by atoms with E-state index in [1.807, 2.05) is 0 Å². The molecule has 0 fully saturated rings. The van der Waals surface area contributed by atoms with Crippen molar-refractivity contribution in [3.05, 3.63) is 69.8 Å². The van der Waals surface area contributed by atoms with E-state index in [1.54, 1.807) is 36.4 Å². The normalized spacial score (nSPS) is 9.70. The molecule has 7 nitrogen and oxygen atoms in total. The summed E-state index contributed by atoms with van der Waals surface area (Å²) in [6, 6.07) is 13.5. The number of carbonyl (C=O) groups excluding carboxylic acids is 2. The Kier molecular flexibility index (Phi) is 4.79. The van der Waals surface area contributed by atoms with E-state index >= 15 is 0 Å². The number of ketones is 1. The van der Waals surface area contributed by atoms with Crippen LogP contribution in [0.1, 0.15) is 22.3 Å². The van der Waals surface area contributed by atoms with Crippen molar-refractivity contribution in [3.63, 3.8) is 0 Å². The maximum atomic E-state index is 12.5. The summed E-state index contributed by atoms with van der Waals surface area (Å²) in [6.45, 7) is 0. The van der Waals surface area contributed by atoms with Gasteiger partial charge in [-0.1, -0.05) is 30.3 Å². The summed E-state index contributed by atoms with van der Waals surface area (Å²) in [5.41, 5.74) is 0.202. The molecule has 114 valence electrons. The maximum Gasteiger partial charge on any atom is 0.270 e. The van der Waals surface area contributed by atoms with Crippen LogP contribution in [0.15, 0.2) is 48.5 Å². The lowest BCUT2D eigenvalue weighted by atomic mass is 10.0. The second-order valence-corrected chi connectivity index (χ2v) is 4.57. The number of anilines is 1. The highest BCUT2D eigenvalue weighted by Gasteiger charge is 2.19. The summed E-state index contributed by atoms with van der Waals surface area (Å²) in [7, 11) is 0. The predicted molar refractivity (Wildman–Crippen MR) is 81.8 cm³/mol. The van der Waals surface area contributed by atoms with Gasteiger partial charge in [0.1, 0.15) is 6.42 Å². The van der Waals surface area contributed by atoms with E-state index < -0.39 is 16.6 Å². The number of carbonyl (C=O) groups is 2. The quantitative estimate of drug-likeness (QED) is 0.518. The Balaban J connectivity index is 2.47. The van der Waals surface area contributed by atoms with E-state index in [0.717, 1.165) is 6.07 Å². The van der Waals surface area contributed by atoms with Gasteiger partial charge in [-0.05, 0) is 6.07 Å². The standard InChI is InChI=1S/C16H11N3O4/c17-9-8-15(20)18-14-7-6-12(19(22)23)10-13(14)16(21)11-4-2-1-3-5-11/h1-7,10H,8H2,(H,18,20). The Labute approximate surface area is 131 Å². The minimum atomic E-state index is -0.622. The summed E-state index contributed by atoms with van der Waals surface area (Å²) in [4.78, 5) is 34.4. The van der Waals surface area contributed by atoms with Crippen molar-refractivity contribution in [1.29, 1.82) is 5.26 Å². The number of nitrogens with zero attached hydrogens (tertiary/aromatic N) is 2. The Bertz CT molecular complexity index is 810. The van der Waals surface area contributed by atoms with Crippen LogP contribution in [0.25, 0.3) is 0 Å². The summed E-state index contributed by atoms with van der Waals surface area (Å²) >= 11 is 0. The lowest BCUT2D eigenvalue weighted by molar-refractivity contribution is -0.384. The maximum absolute atomic E-state index is 12.5. The monoisotopic (exact) mass is 309 g/mol. The highest BCUT2D eigenvalue weighted by molar-refractivity contribution is 6.14. The molecule has 1 N–H and O–H groups in total. The van der Waals surface area contributed by atoms with Crippen molar-refractivity contribution in [2.24, 2.45) is 0 Å². The molecule has 0 atom stereocenters. The number of nitro benzene ring substituents is 1. The smallest absolute Gasteiger partial charge is 0.270 e. The number of benzene rings is 2. The third kappa shape index (κ3) is 3.77. The van der Waals surface area contributed by atoms with Crippen LogP contribution in [0.4, 0.5) is 11.4 Å². The highest BCUT2D eigenvalue weighted by Crippen LogP contribution is 2.25. The molecule has 0 saturated carbocycles. The predicted octanol–water partition coefficient (Wildman–Crippen LogP) is 2.68. The average Bonchev–Trinajstić information content (AvgIpc) is 2.55. The van der Waals surface area contributed by atoms with Crippen LogP contribution in [-0.2, 0) is 4.79 Å². The molecule has 2 aromatic rings. The fourth-order valence-corrected chi connectivity index (χ4v) is 1.95. The first kappa shape index (κ1) is 15.9. The number of amides is 1. The van der Waals surface area contributed by atoms with E-state index in [0.29, 0.717) is 5.56 Å². The number of rotatable bonds is 5. The van der Waals surface area contributed by atoms with Crippen LogP contribution in [0.3, 0.4) is 0 Å². The molecule has 0 spiro atoms. The minimum absolute atomic E-state index is 0.00307. The molecule has 23 heavy (non-hydrogen) atoms. The van der Waals surface area contributed by atoms with Gasteiger partial charge in [0.25, 0.3) is 5.69 Å². The summed E-state index contributed by atoms with van der Waals surface area (Å²) in [5, 5.41) is 21.9. The zero-order chi connectivity index (χ0) is 16.8. The van der Waals surface area contributed by atoms with Gasteiger partial charge in [0.2, 0.25) is 5.91 Å². The van der Waals surface area contributed by atoms with Crippen LogP contribution in [0.5, 0.6) is 0 Å². The van der Waals surface area contributed by atoms with Crippen LogP contribution in [0, 0.1) is 21.4 Å². The van der Waals surface area contributed by atoms with Gasteiger partial charge in [0, 0.05) is 17.7 Å². The molecule has 0 aromatic heterocycles. The van der Waals surface area contributed by atoms with Crippen LogP contribution < -0.4 is 5.32 Å². The lowest BCUT2D eigenvalue weighted by Crippen LogP contribution is -2.14. The number of non-ortho nitro benzene ring substituents is 1. The highest BCUT2D eigenvalue weighted by atomic mass is 16.6. The number of hydrogen-bond acceptors (Lipinski definition) is 5. The van der Waals surface area contributed by atoms with Gasteiger partial charge in [0.15, 0.2) is 5.78 Å². The fraction of sp³-hybridized carbons (Fsp3) is 0.0625. The van der Waals surface area contributed by atoms with Crippen LogP contribution >= 0.6 is 0 Å². The van der Waals surface area contributed by atoms with E-state index in [4.69, 9.17) is 5.26 Å². The number of nitro groups is 1. The van der Waals surface area contributed by atoms with Crippen molar-refractivity contribution in [2.45, 2.75) is 6.42 Å². The lowest BCUT2D eigenvalue weighted by Gasteiger charge is -2.09. The SMILES string of the molecule is N#CCC(=O)Nc1ccc([N+](=O)[O-])cc1C(=O)c1ccccc1. The zero-order valence-electron chi connectivity index (χ0n) is 11.9. The molecule has 0 heterocycles. The first-order chi connectivity index (χ1) is 11.0. The molecule has 0 aliphatic heterocycles. The first-order valence-corrected chi connectivity index (χ1v) is 6.58. The molecule has 0 aliphatic rings. The van der Waals surface area contributed by atoms with Crippen molar-refractivity contribution in [2.75, 3.05) is 5.32 Å². The fourth-order valence-electron chi connectivity index (χ4n) is 1.95. The summed E-state index contributed by atoms with van der Waals surface area (Å²) in [6.07, 6.45) is -0.379. The number of nitriles is 1. The molecule has 2 rings (SSSR count). The van der Waals surface area contributed by atoms with Crippen LogP contribution in [0.2, 0.25) is 0 Å². The van der Waals surface area contributed by atoms with Gasteiger partial charge in [-0.2, -0.15) is 5.26 Å². The van der Waals surface area contributed by atoms with Gasteiger partial charge in [-0.3, -0.25) is 19.7 Å². The van der Waals surface area contributed by atoms with Gasteiger partial charge in [-0.15, -0.1) is 0 Å². The topological polar surface area (TPSA) is 113 Å². The third-order valence-corrected chi connectivity index (χ3v) is 3.01. The average molecular weight is 309 g/mol. The Morgan fingerprint density at radius 3 is 2.48 bits per heavy atom. The molecule has 0 saturated heterocycles. The third-order valence-electron chi connectivity index (χ3n) is 3.01. The van der Waals surface area contributed by atoms with E-state index in [9.17, 15) is 19.7 Å². The second kappa shape index (κ2) is 6.95. The summed E-state index contributed by atoms with van der Waals surface area (Å²) in [5.74, 6) is -1.05. The molecule has 1 amide bonds. The van der Waals surface area contributed by atoms with Crippen molar-refractivity contribution < 1.29 is 14.5 Å². The van der Waals surface area contributed by atoms with Crippen molar-refractivity contribution in [3.8, 4) is 6.07 Å². The van der Waals surface area contributed by atoms with Crippen molar-refractivity contribution in [1.82, 2.24) is 0 Å². The minimum Gasteiger partial charge on any atom is -0.324 e. The van der Waals surface area contributed by atoms with E-state index in [2.05, 4.69) is 5.32 Å². The molecular weight excluding hydrogens is 298 g/mol. The second-order valence-electron chi connectivity index (χ2n) is 4.57. The molecule has 0 unspecified atom stereocenters. The molecular formula is C16H11N3O4. The largest absolute Gasteiger partial charge is 0.324 e. The molecule has 2 aromatic carbocycles. The number of nitrogens with one attached hydrogen (secondary N) is 1. The molecule has 0 radical (unpaired) electrons. The summed E-state index contributed by atoms with van der Waals surface area (Å²) < 4.78 is 0. The Morgan fingerprint density at radius 1 is 1.17 bits per heavy atom.